The summed E-state index contributed by atoms with van der Waals surface area (Å²) in [6.07, 6.45) is -0.181. The molecule has 6 heteroatoms. The van der Waals surface area contributed by atoms with E-state index in [0.717, 1.165) is 0 Å². The van der Waals surface area contributed by atoms with E-state index in [1.165, 1.54) is 0 Å². The van der Waals surface area contributed by atoms with Crippen molar-refractivity contribution in [3.63, 3.8) is 0 Å². The van der Waals surface area contributed by atoms with Gasteiger partial charge >= 0.3 is 0 Å². The van der Waals surface area contributed by atoms with E-state index in [4.69, 9.17) is 10.00 Å². The van der Waals surface area contributed by atoms with Crippen LogP contribution >= 0.6 is 0 Å². The van der Waals surface area contributed by atoms with Gasteiger partial charge in [0.05, 0.1) is 24.8 Å². The number of nitrogens with zero attached hydrogens (tertiary/aromatic N) is 2. The molecule has 6 nitrogen and oxygen atoms in total. The summed E-state index contributed by atoms with van der Waals surface area (Å²) in [5.74, 6) is -0.550. The van der Waals surface area contributed by atoms with Crippen LogP contribution in [0, 0.1) is 11.3 Å². The quantitative estimate of drug-likeness (QED) is 0.824. The van der Waals surface area contributed by atoms with Crippen LogP contribution in [0.4, 0.5) is 5.69 Å². The van der Waals surface area contributed by atoms with E-state index >= 15 is 0 Å². The van der Waals surface area contributed by atoms with Crippen molar-refractivity contribution in [3.05, 3.63) is 29.8 Å². The number of hydrogen-bond donors (Lipinski definition) is 1. The lowest BCUT2D eigenvalue weighted by Gasteiger charge is -2.26. The standard InChI is InChI=1S/C14H15N3O3/c15-10-11-1-3-12(4-2-11)16-13(18)9-14(19)17-5-7-20-8-6-17/h1-4H,5-9H2,(H,16,18). The Bertz CT molecular complexity index is 528. The molecule has 0 unspecified atom stereocenters. The maximum absolute atomic E-state index is 11.9. The summed E-state index contributed by atoms with van der Waals surface area (Å²) in [5, 5.41) is 11.3. The van der Waals surface area contributed by atoms with Gasteiger partial charge in [-0.3, -0.25) is 9.59 Å². The molecule has 1 heterocycles. The first-order chi connectivity index (χ1) is 9.69. The maximum atomic E-state index is 11.9. The molecule has 0 aliphatic carbocycles. The number of carbonyl (C=O) groups is 2. The molecule has 20 heavy (non-hydrogen) atoms. The number of benzene rings is 1. The first-order valence-electron chi connectivity index (χ1n) is 6.34. The monoisotopic (exact) mass is 273 g/mol. The largest absolute Gasteiger partial charge is 0.378 e. The lowest BCUT2D eigenvalue weighted by Crippen LogP contribution is -2.41. The predicted octanol–water partition coefficient (Wildman–Crippen LogP) is 0.746. The predicted molar refractivity (Wildman–Crippen MR) is 71.8 cm³/mol. The van der Waals surface area contributed by atoms with E-state index in [1.54, 1.807) is 29.2 Å². The second-order valence-electron chi connectivity index (χ2n) is 4.41. The zero-order valence-corrected chi connectivity index (χ0v) is 11.0. The van der Waals surface area contributed by atoms with Crippen molar-refractivity contribution in [1.82, 2.24) is 4.90 Å². The summed E-state index contributed by atoms with van der Waals surface area (Å²) in [7, 11) is 0. The molecule has 0 radical (unpaired) electrons. The molecule has 0 bridgehead atoms. The first kappa shape index (κ1) is 14.0. The van der Waals surface area contributed by atoms with Gasteiger partial charge in [0.15, 0.2) is 0 Å². The second kappa shape index (κ2) is 6.68. The van der Waals surface area contributed by atoms with Crippen molar-refractivity contribution in [3.8, 4) is 6.07 Å². The molecule has 0 atom stereocenters. The number of amides is 2. The van der Waals surface area contributed by atoms with E-state index in [9.17, 15) is 9.59 Å². The fraction of sp³-hybridized carbons (Fsp3) is 0.357. The van der Waals surface area contributed by atoms with Gasteiger partial charge in [0.25, 0.3) is 0 Å². The number of nitriles is 1. The zero-order chi connectivity index (χ0) is 14.4. The number of rotatable bonds is 3. The normalized spacial score (nSPS) is 14.4. The third-order valence-corrected chi connectivity index (χ3v) is 2.97. The van der Waals surface area contributed by atoms with Crippen molar-refractivity contribution in [1.29, 1.82) is 5.26 Å². The van der Waals surface area contributed by atoms with E-state index in [-0.39, 0.29) is 18.2 Å². The Balaban J connectivity index is 1.85. The molecule has 1 aromatic carbocycles. The van der Waals surface area contributed by atoms with Crippen molar-refractivity contribution in [2.75, 3.05) is 31.6 Å². The number of hydrogen-bond acceptors (Lipinski definition) is 4. The van der Waals surface area contributed by atoms with Gasteiger partial charge in [-0.2, -0.15) is 5.26 Å². The minimum absolute atomic E-state index is 0.181. The summed E-state index contributed by atoms with van der Waals surface area (Å²) in [6, 6.07) is 8.49. The van der Waals surface area contributed by atoms with Crippen LogP contribution in [0.25, 0.3) is 0 Å². The Hall–Kier alpha value is -2.39. The van der Waals surface area contributed by atoms with E-state index in [1.807, 2.05) is 6.07 Å². The molecular weight excluding hydrogens is 258 g/mol. The van der Waals surface area contributed by atoms with Gasteiger partial charge in [-0.15, -0.1) is 0 Å². The van der Waals surface area contributed by atoms with Crippen LogP contribution in [0.1, 0.15) is 12.0 Å². The molecular formula is C14H15N3O3. The molecule has 2 amide bonds. The van der Waals surface area contributed by atoms with Crippen LogP contribution in [0.15, 0.2) is 24.3 Å². The maximum Gasteiger partial charge on any atom is 0.233 e. The summed E-state index contributed by atoms with van der Waals surface area (Å²) in [4.78, 5) is 25.3. The molecule has 1 aliphatic heterocycles. The Kier molecular flexibility index (Phi) is 4.69. The average Bonchev–Trinajstić information content (AvgIpc) is 2.49. The molecule has 2 rings (SSSR count). The van der Waals surface area contributed by atoms with Crippen LogP contribution in [-0.4, -0.2) is 43.0 Å². The highest BCUT2D eigenvalue weighted by Crippen LogP contribution is 2.09. The Morgan fingerprint density at radius 3 is 2.50 bits per heavy atom. The average molecular weight is 273 g/mol. The molecule has 0 aromatic heterocycles. The Morgan fingerprint density at radius 2 is 1.90 bits per heavy atom. The molecule has 1 aromatic rings. The highest BCUT2D eigenvalue weighted by molar-refractivity contribution is 6.03. The molecule has 1 N–H and O–H groups in total. The van der Waals surface area contributed by atoms with Gasteiger partial charge in [-0.05, 0) is 24.3 Å². The minimum atomic E-state index is -0.355. The zero-order valence-electron chi connectivity index (χ0n) is 11.0. The minimum Gasteiger partial charge on any atom is -0.378 e. The number of morpholine rings is 1. The summed E-state index contributed by atoms with van der Waals surface area (Å²) >= 11 is 0. The van der Waals surface area contributed by atoms with Crippen LogP contribution < -0.4 is 5.32 Å². The third-order valence-electron chi connectivity index (χ3n) is 2.97. The van der Waals surface area contributed by atoms with Crippen molar-refractivity contribution < 1.29 is 14.3 Å². The second-order valence-corrected chi connectivity index (χ2v) is 4.41. The molecule has 0 spiro atoms. The van der Waals surface area contributed by atoms with Crippen LogP contribution in [0.5, 0.6) is 0 Å². The summed E-state index contributed by atoms with van der Waals surface area (Å²) in [6.45, 7) is 2.10. The van der Waals surface area contributed by atoms with Gasteiger partial charge in [0.2, 0.25) is 11.8 Å². The van der Waals surface area contributed by atoms with E-state index in [2.05, 4.69) is 5.32 Å². The highest BCUT2D eigenvalue weighted by atomic mass is 16.5. The van der Waals surface area contributed by atoms with Crippen LogP contribution in [0.2, 0.25) is 0 Å². The fourth-order valence-electron chi connectivity index (χ4n) is 1.90. The third kappa shape index (κ3) is 3.80. The van der Waals surface area contributed by atoms with Gasteiger partial charge in [-0.25, -0.2) is 0 Å². The molecule has 1 aliphatic rings. The highest BCUT2D eigenvalue weighted by Gasteiger charge is 2.19. The molecule has 1 saturated heterocycles. The van der Waals surface area contributed by atoms with E-state index < -0.39 is 0 Å². The molecule has 104 valence electrons. The van der Waals surface area contributed by atoms with Crippen molar-refractivity contribution >= 4 is 17.5 Å². The molecule has 1 fully saturated rings. The van der Waals surface area contributed by atoms with Crippen molar-refractivity contribution in [2.45, 2.75) is 6.42 Å². The van der Waals surface area contributed by atoms with Gasteiger partial charge in [0.1, 0.15) is 6.42 Å². The van der Waals surface area contributed by atoms with Gasteiger partial charge < -0.3 is 15.0 Å². The number of anilines is 1. The lowest BCUT2D eigenvalue weighted by atomic mass is 10.2. The number of carbonyl (C=O) groups excluding carboxylic acids is 2. The van der Waals surface area contributed by atoms with E-state index in [0.29, 0.717) is 37.6 Å². The summed E-state index contributed by atoms with van der Waals surface area (Å²) < 4.78 is 5.15. The van der Waals surface area contributed by atoms with Crippen molar-refractivity contribution in [2.24, 2.45) is 0 Å². The first-order valence-corrected chi connectivity index (χ1v) is 6.34. The van der Waals surface area contributed by atoms with Gasteiger partial charge in [0, 0.05) is 18.8 Å². The van der Waals surface area contributed by atoms with Crippen LogP contribution in [0.3, 0.4) is 0 Å². The molecule has 0 saturated carbocycles. The summed E-state index contributed by atoms with van der Waals surface area (Å²) in [5.41, 5.74) is 1.09. The SMILES string of the molecule is N#Cc1ccc(NC(=O)CC(=O)N2CCOCC2)cc1. The fourth-order valence-corrected chi connectivity index (χ4v) is 1.90. The lowest BCUT2D eigenvalue weighted by molar-refractivity contribution is -0.138. The van der Waals surface area contributed by atoms with Crippen LogP contribution in [-0.2, 0) is 14.3 Å². The topological polar surface area (TPSA) is 82.4 Å². The Labute approximate surface area is 116 Å². The Morgan fingerprint density at radius 1 is 1.25 bits per heavy atom. The number of nitrogens with one attached hydrogen (secondary N) is 1. The number of ether oxygens (including phenoxy) is 1. The van der Waals surface area contributed by atoms with Gasteiger partial charge in [-0.1, -0.05) is 0 Å². The smallest absolute Gasteiger partial charge is 0.233 e.